The third-order valence-corrected chi connectivity index (χ3v) is 4.16. The van der Waals surface area contributed by atoms with Crippen LogP contribution < -0.4 is 10.6 Å². The lowest BCUT2D eigenvalue weighted by Gasteiger charge is -2.25. The van der Waals surface area contributed by atoms with Crippen LogP contribution in [0.1, 0.15) is 25.8 Å². The van der Waals surface area contributed by atoms with Crippen LogP contribution in [0.2, 0.25) is 0 Å². The number of benzene rings is 1. The normalized spacial score (nSPS) is 26.6. The summed E-state index contributed by atoms with van der Waals surface area (Å²) in [6.45, 7) is 5.36. The van der Waals surface area contributed by atoms with Crippen molar-refractivity contribution in [1.29, 1.82) is 0 Å². The minimum atomic E-state index is 0.188. The van der Waals surface area contributed by atoms with E-state index in [1.165, 1.54) is 17.7 Å². The lowest BCUT2D eigenvalue weighted by atomic mass is 9.86. The van der Waals surface area contributed by atoms with Gasteiger partial charge in [0, 0.05) is 31.7 Å². The van der Waals surface area contributed by atoms with Crippen molar-refractivity contribution < 1.29 is 0 Å². The minimum absolute atomic E-state index is 0.188. The highest BCUT2D eigenvalue weighted by Crippen LogP contribution is 2.64. The Morgan fingerprint density at radius 1 is 1.25 bits per heavy atom. The van der Waals surface area contributed by atoms with Crippen molar-refractivity contribution >= 4 is 5.69 Å². The van der Waals surface area contributed by atoms with Crippen LogP contribution in [0.5, 0.6) is 0 Å². The zero-order valence-corrected chi connectivity index (χ0v) is 10.7. The highest BCUT2D eigenvalue weighted by molar-refractivity contribution is 5.59. The Hall–Kier alpha value is -1.02. The molecule has 16 heavy (non-hydrogen) atoms. The molecule has 1 fully saturated rings. The van der Waals surface area contributed by atoms with Gasteiger partial charge >= 0.3 is 0 Å². The van der Waals surface area contributed by atoms with Crippen molar-refractivity contribution in [3.8, 4) is 0 Å². The molecule has 2 nitrogen and oxygen atoms in total. The van der Waals surface area contributed by atoms with E-state index in [0.717, 1.165) is 6.54 Å². The Balaban J connectivity index is 2.49. The summed E-state index contributed by atoms with van der Waals surface area (Å²) in [6, 6.07) is 8.63. The van der Waals surface area contributed by atoms with Gasteiger partial charge in [-0.05, 0) is 23.5 Å². The summed E-state index contributed by atoms with van der Waals surface area (Å²) in [7, 11) is 4.19. The molecule has 0 heterocycles. The van der Waals surface area contributed by atoms with Crippen LogP contribution in [0.4, 0.5) is 5.69 Å². The van der Waals surface area contributed by atoms with Gasteiger partial charge in [-0.2, -0.15) is 0 Å². The van der Waals surface area contributed by atoms with Crippen molar-refractivity contribution in [2.24, 2.45) is 11.1 Å². The molecule has 0 bridgehead atoms. The molecule has 1 aliphatic rings. The molecule has 88 valence electrons. The van der Waals surface area contributed by atoms with Gasteiger partial charge in [-0.1, -0.05) is 32.0 Å². The van der Waals surface area contributed by atoms with Crippen molar-refractivity contribution in [1.82, 2.24) is 0 Å². The van der Waals surface area contributed by atoms with E-state index in [1.807, 2.05) is 0 Å². The molecule has 1 unspecified atom stereocenters. The van der Waals surface area contributed by atoms with E-state index in [2.05, 4.69) is 57.1 Å². The van der Waals surface area contributed by atoms with Gasteiger partial charge in [-0.3, -0.25) is 0 Å². The fourth-order valence-electron chi connectivity index (χ4n) is 2.90. The lowest BCUT2D eigenvalue weighted by Crippen LogP contribution is -2.27. The number of anilines is 1. The maximum Gasteiger partial charge on any atom is 0.0399 e. The predicted molar refractivity (Wildman–Crippen MR) is 69.9 cm³/mol. The van der Waals surface area contributed by atoms with Crippen molar-refractivity contribution in [2.75, 3.05) is 25.5 Å². The van der Waals surface area contributed by atoms with Gasteiger partial charge in [0.25, 0.3) is 0 Å². The number of hydrogen-bond donors (Lipinski definition) is 1. The molecule has 1 aromatic rings. The molecule has 1 aliphatic carbocycles. The van der Waals surface area contributed by atoms with Gasteiger partial charge < -0.3 is 10.6 Å². The van der Waals surface area contributed by atoms with Crippen LogP contribution in [-0.4, -0.2) is 20.6 Å². The maximum atomic E-state index is 6.03. The summed E-state index contributed by atoms with van der Waals surface area (Å²) in [5.74, 6) is 0. The van der Waals surface area contributed by atoms with E-state index in [0.29, 0.717) is 5.41 Å². The van der Waals surface area contributed by atoms with E-state index in [4.69, 9.17) is 5.73 Å². The van der Waals surface area contributed by atoms with Crippen LogP contribution in [0, 0.1) is 5.41 Å². The second-order valence-electron chi connectivity index (χ2n) is 5.76. The van der Waals surface area contributed by atoms with Crippen LogP contribution >= 0.6 is 0 Å². The summed E-state index contributed by atoms with van der Waals surface area (Å²) >= 11 is 0. The second kappa shape index (κ2) is 3.49. The molecule has 2 N–H and O–H groups in total. The molecule has 1 saturated carbocycles. The molecule has 0 radical (unpaired) electrons. The number of para-hydroxylation sites is 1. The number of nitrogens with two attached hydrogens (primary N) is 1. The molecule has 2 heteroatoms. The molecule has 0 aliphatic heterocycles. The fourth-order valence-corrected chi connectivity index (χ4v) is 2.90. The zero-order chi connectivity index (χ0) is 12.0. The molecule has 2 rings (SSSR count). The smallest absolute Gasteiger partial charge is 0.0399 e. The Kier molecular flexibility index (Phi) is 2.50. The van der Waals surface area contributed by atoms with Crippen molar-refractivity contribution in [3.05, 3.63) is 29.8 Å². The lowest BCUT2D eigenvalue weighted by molar-refractivity contribution is 0.503. The molecule has 0 amide bonds. The van der Waals surface area contributed by atoms with Gasteiger partial charge in [0.2, 0.25) is 0 Å². The number of hydrogen-bond acceptors (Lipinski definition) is 2. The average Bonchev–Trinajstić information content (AvgIpc) is 2.82. The standard InChI is InChI=1S/C14H22N2/c1-13(2)9-14(13,10-15)11-7-5-6-8-12(11)16(3)4/h5-8H,9-10,15H2,1-4H3. The van der Waals surface area contributed by atoms with E-state index in [-0.39, 0.29) is 5.41 Å². The molecular formula is C14H22N2. The number of nitrogens with zero attached hydrogens (tertiary/aromatic N) is 1. The SMILES string of the molecule is CN(C)c1ccccc1C1(CN)CC1(C)C. The summed E-state index contributed by atoms with van der Waals surface area (Å²) in [4.78, 5) is 2.18. The topological polar surface area (TPSA) is 29.3 Å². The van der Waals surface area contributed by atoms with E-state index >= 15 is 0 Å². The maximum absolute atomic E-state index is 6.03. The Bertz CT molecular complexity index is 395. The van der Waals surface area contributed by atoms with E-state index in [1.54, 1.807) is 0 Å². The molecular weight excluding hydrogens is 196 g/mol. The summed E-state index contributed by atoms with van der Waals surface area (Å²) in [6.07, 6.45) is 1.20. The summed E-state index contributed by atoms with van der Waals surface area (Å²) in [5, 5.41) is 0. The first-order chi connectivity index (χ1) is 7.44. The van der Waals surface area contributed by atoms with Crippen LogP contribution in [0.15, 0.2) is 24.3 Å². The van der Waals surface area contributed by atoms with Crippen molar-refractivity contribution in [3.63, 3.8) is 0 Å². The monoisotopic (exact) mass is 218 g/mol. The Morgan fingerprint density at radius 2 is 1.81 bits per heavy atom. The van der Waals surface area contributed by atoms with Crippen LogP contribution in [-0.2, 0) is 5.41 Å². The summed E-state index contributed by atoms with van der Waals surface area (Å²) < 4.78 is 0. The number of rotatable bonds is 3. The van der Waals surface area contributed by atoms with Gasteiger partial charge in [0.05, 0.1) is 0 Å². The van der Waals surface area contributed by atoms with Gasteiger partial charge in [-0.25, -0.2) is 0 Å². The highest BCUT2D eigenvalue weighted by Gasteiger charge is 2.61. The first-order valence-electron chi connectivity index (χ1n) is 5.91. The molecule has 0 spiro atoms. The largest absolute Gasteiger partial charge is 0.377 e. The average molecular weight is 218 g/mol. The third-order valence-electron chi connectivity index (χ3n) is 4.16. The predicted octanol–water partition coefficient (Wildman–Crippen LogP) is 2.38. The Labute approximate surface area is 98.4 Å². The fraction of sp³-hybridized carbons (Fsp3) is 0.571. The summed E-state index contributed by atoms with van der Waals surface area (Å²) in [5.41, 5.74) is 9.27. The molecule has 0 saturated heterocycles. The van der Waals surface area contributed by atoms with E-state index < -0.39 is 0 Å². The first-order valence-corrected chi connectivity index (χ1v) is 5.91. The molecule has 1 atom stereocenters. The Morgan fingerprint density at radius 3 is 2.25 bits per heavy atom. The zero-order valence-electron chi connectivity index (χ0n) is 10.7. The first kappa shape index (κ1) is 11.5. The van der Waals surface area contributed by atoms with Crippen molar-refractivity contribution in [2.45, 2.75) is 25.7 Å². The van der Waals surface area contributed by atoms with Gasteiger partial charge in [0.1, 0.15) is 0 Å². The van der Waals surface area contributed by atoms with E-state index in [9.17, 15) is 0 Å². The van der Waals surface area contributed by atoms with Gasteiger partial charge in [-0.15, -0.1) is 0 Å². The van der Waals surface area contributed by atoms with Gasteiger partial charge in [0.15, 0.2) is 0 Å². The van der Waals surface area contributed by atoms with Crippen LogP contribution in [0.25, 0.3) is 0 Å². The third kappa shape index (κ3) is 1.44. The highest BCUT2D eigenvalue weighted by atomic mass is 15.1. The minimum Gasteiger partial charge on any atom is -0.377 e. The molecule has 0 aromatic heterocycles. The molecule has 1 aromatic carbocycles. The van der Waals surface area contributed by atoms with Crippen LogP contribution in [0.3, 0.4) is 0 Å². The quantitative estimate of drug-likeness (QED) is 0.844. The second-order valence-corrected chi connectivity index (χ2v) is 5.76.